The minimum atomic E-state index is -0.798. The van der Waals surface area contributed by atoms with Gasteiger partial charge in [-0.25, -0.2) is 0 Å². The second-order valence-corrected chi connectivity index (χ2v) is 6.76. The zero-order valence-electron chi connectivity index (χ0n) is 13.5. The molecule has 0 radical (unpaired) electrons. The van der Waals surface area contributed by atoms with Gasteiger partial charge in [0.25, 0.3) is 0 Å². The highest BCUT2D eigenvalue weighted by Crippen LogP contribution is 2.48. The minimum absolute atomic E-state index is 0.0407. The van der Waals surface area contributed by atoms with Crippen LogP contribution in [0.15, 0.2) is 30.3 Å². The largest absolute Gasteiger partial charge is 0.481 e. The number of likely N-dealkylation sites (tertiary alicyclic amines) is 1. The van der Waals surface area contributed by atoms with Crippen LogP contribution in [0, 0.1) is 11.3 Å². The first-order valence-electron chi connectivity index (χ1n) is 8.33. The van der Waals surface area contributed by atoms with Gasteiger partial charge < -0.3 is 15.3 Å². The predicted molar refractivity (Wildman–Crippen MR) is 87.1 cm³/mol. The summed E-state index contributed by atoms with van der Waals surface area (Å²) < 4.78 is 0. The Balaban J connectivity index is 1.51. The zero-order valence-corrected chi connectivity index (χ0v) is 13.5. The number of carboxylic acids is 1. The fourth-order valence-corrected chi connectivity index (χ4v) is 3.96. The number of benzene rings is 1. The Morgan fingerprint density at radius 2 is 2.00 bits per heavy atom. The highest BCUT2D eigenvalue weighted by Gasteiger charge is 2.55. The van der Waals surface area contributed by atoms with Gasteiger partial charge in [0.1, 0.15) is 0 Å². The lowest BCUT2D eigenvalue weighted by atomic mass is 9.81. The molecule has 2 amide bonds. The van der Waals surface area contributed by atoms with Crippen molar-refractivity contribution < 1.29 is 19.5 Å². The van der Waals surface area contributed by atoms with Crippen molar-refractivity contribution in [2.45, 2.75) is 25.7 Å². The molecule has 6 heteroatoms. The fraction of sp³-hybridized carbons (Fsp3) is 0.500. The Morgan fingerprint density at radius 1 is 1.25 bits per heavy atom. The molecule has 2 aliphatic rings. The van der Waals surface area contributed by atoms with Crippen LogP contribution in [0.2, 0.25) is 0 Å². The minimum Gasteiger partial charge on any atom is -0.481 e. The third-order valence-corrected chi connectivity index (χ3v) is 5.29. The SMILES string of the molecule is O=C(Cc1ccccc1)NCC(=O)N1C[C@@H]2CCC[C@@]2(C(=O)O)C1. The van der Waals surface area contributed by atoms with Crippen LogP contribution in [-0.4, -0.2) is 47.4 Å². The first-order valence-corrected chi connectivity index (χ1v) is 8.33. The number of amides is 2. The summed E-state index contributed by atoms with van der Waals surface area (Å²) in [7, 11) is 0. The van der Waals surface area contributed by atoms with E-state index >= 15 is 0 Å². The van der Waals surface area contributed by atoms with Crippen molar-refractivity contribution in [3.63, 3.8) is 0 Å². The van der Waals surface area contributed by atoms with Gasteiger partial charge in [-0.3, -0.25) is 14.4 Å². The molecule has 1 heterocycles. The fourth-order valence-electron chi connectivity index (χ4n) is 3.96. The van der Waals surface area contributed by atoms with Crippen LogP contribution in [0.1, 0.15) is 24.8 Å². The molecular formula is C18H22N2O4. The maximum atomic E-state index is 12.3. The van der Waals surface area contributed by atoms with Crippen molar-refractivity contribution in [3.05, 3.63) is 35.9 Å². The summed E-state index contributed by atoms with van der Waals surface area (Å²) in [5.41, 5.74) is 0.118. The van der Waals surface area contributed by atoms with Crippen LogP contribution >= 0.6 is 0 Å². The number of nitrogens with one attached hydrogen (secondary N) is 1. The first-order chi connectivity index (χ1) is 11.5. The number of aliphatic carboxylic acids is 1. The van der Waals surface area contributed by atoms with Gasteiger partial charge in [0.15, 0.2) is 0 Å². The Morgan fingerprint density at radius 3 is 2.67 bits per heavy atom. The first kappa shape index (κ1) is 16.5. The van der Waals surface area contributed by atoms with Gasteiger partial charge >= 0.3 is 5.97 Å². The van der Waals surface area contributed by atoms with Crippen molar-refractivity contribution in [2.75, 3.05) is 19.6 Å². The maximum Gasteiger partial charge on any atom is 0.311 e. The highest BCUT2D eigenvalue weighted by atomic mass is 16.4. The normalized spacial score (nSPS) is 25.3. The number of nitrogens with zero attached hydrogens (tertiary/aromatic N) is 1. The van der Waals surface area contributed by atoms with E-state index in [9.17, 15) is 19.5 Å². The molecule has 24 heavy (non-hydrogen) atoms. The van der Waals surface area contributed by atoms with Crippen LogP contribution in [-0.2, 0) is 20.8 Å². The topological polar surface area (TPSA) is 86.7 Å². The van der Waals surface area contributed by atoms with Crippen molar-refractivity contribution in [1.29, 1.82) is 0 Å². The molecule has 2 atom stereocenters. The molecule has 1 aromatic rings. The van der Waals surface area contributed by atoms with E-state index in [-0.39, 0.29) is 37.2 Å². The number of carboxylic acid groups (broad SMARTS) is 1. The lowest BCUT2D eigenvalue weighted by Crippen LogP contribution is -2.41. The smallest absolute Gasteiger partial charge is 0.311 e. The molecule has 2 fully saturated rings. The Labute approximate surface area is 140 Å². The van der Waals surface area contributed by atoms with Crippen molar-refractivity contribution >= 4 is 17.8 Å². The van der Waals surface area contributed by atoms with E-state index in [1.165, 1.54) is 0 Å². The molecule has 128 valence electrons. The molecule has 1 aliphatic carbocycles. The summed E-state index contributed by atoms with van der Waals surface area (Å²) in [4.78, 5) is 37.5. The lowest BCUT2D eigenvalue weighted by Gasteiger charge is -2.23. The molecule has 1 aliphatic heterocycles. The number of fused-ring (bicyclic) bond motifs is 1. The van der Waals surface area contributed by atoms with Crippen LogP contribution in [0.25, 0.3) is 0 Å². The molecule has 6 nitrogen and oxygen atoms in total. The number of rotatable bonds is 5. The molecule has 3 rings (SSSR count). The van der Waals surface area contributed by atoms with E-state index in [0.29, 0.717) is 13.0 Å². The van der Waals surface area contributed by atoms with Gasteiger partial charge in [-0.15, -0.1) is 0 Å². The standard InChI is InChI=1S/C18H22N2O4/c21-15(9-13-5-2-1-3-6-13)19-10-16(22)20-11-14-7-4-8-18(14,12-20)17(23)24/h1-3,5-6,14H,4,7-12H2,(H,19,21)(H,23,24)/t14-,18+/m0/s1. The van der Waals surface area contributed by atoms with Gasteiger partial charge in [0, 0.05) is 13.1 Å². The summed E-state index contributed by atoms with van der Waals surface area (Å²) in [5, 5.41) is 12.2. The molecule has 2 N–H and O–H groups in total. The molecule has 0 bridgehead atoms. The Bertz CT molecular complexity index is 646. The average molecular weight is 330 g/mol. The van der Waals surface area contributed by atoms with Crippen LogP contribution in [0.4, 0.5) is 0 Å². The number of carbonyl (C=O) groups is 3. The second-order valence-electron chi connectivity index (χ2n) is 6.76. The van der Waals surface area contributed by atoms with Crippen molar-refractivity contribution in [1.82, 2.24) is 10.2 Å². The van der Waals surface area contributed by atoms with E-state index in [0.717, 1.165) is 18.4 Å². The van der Waals surface area contributed by atoms with Crippen LogP contribution in [0.3, 0.4) is 0 Å². The highest BCUT2D eigenvalue weighted by molar-refractivity contribution is 5.87. The van der Waals surface area contributed by atoms with Crippen molar-refractivity contribution in [3.8, 4) is 0 Å². The summed E-state index contributed by atoms with van der Waals surface area (Å²) in [6, 6.07) is 9.33. The summed E-state index contributed by atoms with van der Waals surface area (Å²) in [6.45, 7) is 0.675. The zero-order chi connectivity index (χ0) is 17.2. The van der Waals surface area contributed by atoms with Crippen molar-refractivity contribution in [2.24, 2.45) is 11.3 Å². The molecular weight excluding hydrogens is 308 g/mol. The average Bonchev–Trinajstić information content (AvgIpc) is 3.12. The Hall–Kier alpha value is -2.37. The molecule has 1 aromatic carbocycles. The molecule has 0 aromatic heterocycles. The monoisotopic (exact) mass is 330 g/mol. The van der Waals surface area contributed by atoms with Gasteiger partial charge in [-0.1, -0.05) is 36.8 Å². The quantitative estimate of drug-likeness (QED) is 0.845. The maximum absolute atomic E-state index is 12.3. The molecule has 1 saturated heterocycles. The van der Waals surface area contributed by atoms with Gasteiger partial charge in [-0.05, 0) is 24.3 Å². The molecule has 0 spiro atoms. The van der Waals surface area contributed by atoms with Gasteiger partial charge in [0.2, 0.25) is 11.8 Å². The number of carbonyl (C=O) groups excluding carboxylic acids is 2. The third-order valence-electron chi connectivity index (χ3n) is 5.29. The summed E-state index contributed by atoms with van der Waals surface area (Å²) >= 11 is 0. The predicted octanol–water partition coefficient (Wildman–Crippen LogP) is 1.06. The lowest BCUT2D eigenvalue weighted by molar-refractivity contribution is -0.149. The number of hydrogen-bond acceptors (Lipinski definition) is 3. The summed E-state index contributed by atoms with van der Waals surface area (Å²) in [5.74, 6) is -1.17. The van der Waals surface area contributed by atoms with E-state index in [1.54, 1.807) is 4.90 Å². The molecule has 1 saturated carbocycles. The van der Waals surface area contributed by atoms with Crippen LogP contribution in [0.5, 0.6) is 0 Å². The van der Waals surface area contributed by atoms with Crippen LogP contribution < -0.4 is 5.32 Å². The van der Waals surface area contributed by atoms with Gasteiger partial charge in [0.05, 0.1) is 18.4 Å². The van der Waals surface area contributed by atoms with E-state index in [1.807, 2.05) is 30.3 Å². The second kappa shape index (κ2) is 6.63. The summed E-state index contributed by atoms with van der Waals surface area (Å²) in [6.07, 6.45) is 2.64. The third kappa shape index (κ3) is 3.13. The number of hydrogen-bond donors (Lipinski definition) is 2. The van der Waals surface area contributed by atoms with E-state index < -0.39 is 11.4 Å². The van der Waals surface area contributed by atoms with E-state index in [4.69, 9.17) is 0 Å². The Kier molecular flexibility index (Phi) is 4.55. The van der Waals surface area contributed by atoms with Gasteiger partial charge in [-0.2, -0.15) is 0 Å². The van der Waals surface area contributed by atoms with E-state index in [2.05, 4.69) is 5.32 Å². The molecule has 0 unspecified atom stereocenters.